The first-order valence-electron chi connectivity index (χ1n) is 4.95. The van der Waals surface area contributed by atoms with E-state index in [1.54, 1.807) is 0 Å². The van der Waals surface area contributed by atoms with Crippen molar-refractivity contribution in [2.45, 2.75) is 6.61 Å². The lowest BCUT2D eigenvalue weighted by molar-refractivity contribution is 0.0691. The zero-order chi connectivity index (χ0) is 13.1. The summed E-state index contributed by atoms with van der Waals surface area (Å²) < 4.78 is 19.3. The monoisotopic (exact) mass is 330 g/mol. The molecule has 0 spiro atoms. The van der Waals surface area contributed by atoms with Crippen molar-refractivity contribution in [3.8, 4) is 5.75 Å². The third-order valence-electron chi connectivity index (χ3n) is 2.17. The van der Waals surface area contributed by atoms with Gasteiger partial charge in [-0.1, -0.05) is 0 Å². The molecule has 1 heterocycles. The maximum absolute atomic E-state index is 13.1. The lowest BCUT2D eigenvalue weighted by Crippen LogP contribution is -2.03. The molecule has 18 heavy (non-hydrogen) atoms. The van der Waals surface area contributed by atoms with E-state index in [1.807, 2.05) is 11.4 Å². The average molecular weight is 331 g/mol. The second-order valence-corrected chi connectivity index (χ2v) is 5.38. The van der Waals surface area contributed by atoms with Crippen molar-refractivity contribution in [1.82, 2.24) is 0 Å². The molecule has 0 aliphatic rings. The number of hydrogen-bond donors (Lipinski definition) is 1. The molecule has 3 nitrogen and oxygen atoms in total. The molecule has 6 heteroatoms. The van der Waals surface area contributed by atoms with Gasteiger partial charge in [0.05, 0.1) is 0 Å². The first-order chi connectivity index (χ1) is 8.56. The molecule has 2 rings (SSSR count). The molecule has 0 bridgehead atoms. The van der Waals surface area contributed by atoms with Gasteiger partial charge in [-0.2, -0.15) is 0 Å². The molecule has 0 radical (unpaired) electrons. The number of hydrogen-bond acceptors (Lipinski definition) is 3. The number of aromatic carboxylic acids is 1. The molecule has 94 valence electrons. The summed E-state index contributed by atoms with van der Waals surface area (Å²) in [6.45, 7) is 0.208. The Morgan fingerprint density at radius 2 is 2.22 bits per heavy atom. The van der Waals surface area contributed by atoms with Crippen molar-refractivity contribution >= 4 is 33.2 Å². The highest BCUT2D eigenvalue weighted by atomic mass is 79.9. The number of rotatable bonds is 4. The average Bonchev–Trinajstić information content (AvgIpc) is 2.72. The Morgan fingerprint density at radius 3 is 2.83 bits per heavy atom. The second-order valence-electron chi connectivity index (χ2n) is 3.47. The molecular formula is C12H8BrFO3S. The molecule has 2 aromatic rings. The van der Waals surface area contributed by atoms with Crippen LogP contribution in [0.3, 0.4) is 0 Å². The molecule has 1 aromatic heterocycles. The van der Waals surface area contributed by atoms with Crippen LogP contribution in [0.25, 0.3) is 0 Å². The molecule has 1 N–H and O–H groups in total. The number of halogens is 2. The minimum atomic E-state index is -1.14. The maximum atomic E-state index is 13.1. The van der Waals surface area contributed by atoms with Gasteiger partial charge in [-0.15, -0.1) is 11.3 Å². The molecule has 0 amide bonds. The number of ether oxygens (including phenoxy) is 1. The minimum absolute atomic E-state index is 0.0343. The zero-order valence-corrected chi connectivity index (χ0v) is 11.4. The second kappa shape index (κ2) is 5.49. The van der Waals surface area contributed by atoms with E-state index in [0.717, 1.165) is 21.5 Å². The molecule has 0 aliphatic carbocycles. The zero-order valence-electron chi connectivity index (χ0n) is 9.02. The van der Waals surface area contributed by atoms with Crippen molar-refractivity contribution in [1.29, 1.82) is 0 Å². The summed E-state index contributed by atoms with van der Waals surface area (Å²) in [4.78, 5) is 11.9. The fraction of sp³-hybridized carbons (Fsp3) is 0.0833. The predicted molar refractivity (Wildman–Crippen MR) is 69.7 cm³/mol. The topological polar surface area (TPSA) is 46.5 Å². The summed E-state index contributed by atoms with van der Waals surface area (Å²) in [5.74, 6) is -1.63. The number of benzene rings is 1. The van der Waals surface area contributed by atoms with Gasteiger partial charge in [-0.25, -0.2) is 9.18 Å². The van der Waals surface area contributed by atoms with Crippen molar-refractivity contribution in [2.24, 2.45) is 0 Å². The summed E-state index contributed by atoms with van der Waals surface area (Å²) in [5, 5.41) is 10.8. The van der Waals surface area contributed by atoms with E-state index in [0.29, 0.717) is 0 Å². The van der Waals surface area contributed by atoms with Gasteiger partial charge in [0.2, 0.25) is 0 Å². The molecule has 0 atom stereocenters. The van der Waals surface area contributed by atoms with E-state index in [9.17, 15) is 9.18 Å². The van der Waals surface area contributed by atoms with Crippen LogP contribution in [0.15, 0.2) is 34.1 Å². The lowest BCUT2D eigenvalue weighted by Gasteiger charge is -2.08. The Balaban J connectivity index is 2.17. The first-order valence-corrected chi connectivity index (χ1v) is 6.62. The molecule has 1 aromatic carbocycles. The van der Waals surface area contributed by atoms with E-state index in [2.05, 4.69) is 15.9 Å². The fourth-order valence-electron chi connectivity index (χ4n) is 1.37. The molecular weight excluding hydrogens is 323 g/mol. The molecule has 0 aliphatic heterocycles. The van der Waals surface area contributed by atoms with Crippen LogP contribution in [0.2, 0.25) is 0 Å². The van der Waals surface area contributed by atoms with E-state index in [4.69, 9.17) is 9.84 Å². The summed E-state index contributed by atoms with van der Waals surface area (Å²) in [5.41, 5.74) is -0.0491. The molecule has 0 fully saturated rings. The number of thiophene rings is 1. The Kier molecular flexibility index (Phi) is 3.98. The summed E-state index contributed by atoms with van der Waals surface area (Å²) >= 11 is 4.78. The quantitative estimate of drug-likeness (QED) is 0.923. The summed E-state index contributed by atoms with van der Waals surface area (Å²) in [6, 6.07) is 5.23. The third-order valence-corrected chi connectivity index (χ3v) is 3.84. The SMILES string of the molecule is O=C(O)c1ccc(F)cc1OCc1cc(Br)cs1. The number of carbonyl (C=O) groups is 1. The highest BCUT2D eigenvalue weighted by molar-refractivity contribution is 9.10. The Labute approximate surface area is 115 Å². The molecule has 0 saturated heterocycles. The van der Waals surface area contributed by atoms with Gasteiger partial charge >= 0.3 is 5.97 Å². The van der Waals surface area contributed by atoms with Crippen LogP contribution in [0.5, 0.6) is 5.75 Å². The smallest absolute Gasteiger partial charge is 0.339 e. The standard InChI is InChI=1S/C12H8BrFO3S/c13-7-3-9(18-6-7)5-17-11-4-8(14)1-2-10(11)12(15)16/h1-4,6H,5H2,(H,15,16). The highest BCUT2D eigenvalue weighted by Crippen LogP contribution is 2.24. The van der Waals surface area contributed by atoms with E-state index in [1.165, 1.54) is 17.4 Å². The van der Waals surface area contributed by atoms with Gasteiger partial charge in [0.15, 0.2) is 0 Å². The third kappa shape index (κ3) is 3.08. The van der Waals surface area contributed by atoms with Crippen LogP contribution in [-0.2, 0) is 6.61 Å². The number of carboxylic acids is 1. The molecule has 0 saturated carbocycles. The van der Waals surface area contributed by atoms with Crippen molar-refractivity contribution in [3.05, 3.63) is 50.4 Å². The van der Waals surface area contributed by atoms with Crippen LogP contribution in [0.1, 0.15) is 15.2 Å². The normalized spacial score (nSPS) is 10.3. The van der Waals surface area contributed by atoms with Crippen LogP contribution in [0.4, 0.5) is 4.39 Å². The predicted octanol–water partition coefficient (Wildman–Crippen LogP) is 3.93. The Hall–Kier alpha value is -1.40. The lowest BCUT2D eigenvalue weighted by atomic mass is 10.2. The van der Waals surface area contributed by atoms with Crippen LogP contribution < -0.4 is 4.74 Å². The largest absolute Gasteiger partial charge is 0.487 e. The van der Waals surface area contributed by atoms with Gasteiger partial charge in [0.1, 0.15) is 23.7 Å². The van der Waals surface area contributed by atoms with Crippen LogP contribution in [-0.4, -0.2) is 11.1 Å². The van der Waals surface area contributed by atoms with Crippen molar-refractivity contribution < 1.29 is 19.0 Å². The summed E-state index contributed by atoms with van der Waals surface area (Å²) in [6.07, 6.45) is 0. The van der Waals surface area contributed by atoms with E-state index < -0.39 is 11.8 Å². The van der Waals surface area contributed by atoms with Gasteiger partial charge in [-0.05, 0) is 34.1 Å². The highest BCUT2D eigenvalue weighted by Gasteiger charge is 2.12. The molecule has 0 unspecified atom stereocenters. The summed E-state index contributed by atoms with van der Waals surface area (Å²) in [7, 11) is 0. The first kappa shape index (κ1) is 13.0. The van der Waals surface area contributed by atoms with Gasteiger partial charge in [0.25, 0.3) is 0 Å². The van der Waals surface area contributed by atoms with Gasteiger partial charge in [-0.3, -0.25) is 0 Å². The van der Waals surface area contributed by atoms with Gasteiger partial charge < -0.3 is 9.84 Å². The van der Waals surface area contributed by atoms with E-state index >= 15 is 0 Å². The fourth-order valence-corrected chi connectivity index (χ4v) is 2.73. The van der Waals surface area contributed by atoms with Gasteiger partial charge in [0, 0.05) is 20.8 Å². The maximum Gasteiger partial charge on any atom is 0.339 e. The Morgan fingerprint density at radius 1 is 1.44 bits per heavy atom. The minimum Gasteiger partial charge on any atom is -0.487 e. The number of carboxylic acid groups (broad SMARTS) is 1. The van der Waals surface area contributed by atoms with Crippen LogP contribution in [0, 0.1) is 5.82 Å². The van der Waals surface area contributed by atoms with Crippen LogP contribution >= 0.6 is 27.3 Å². The van der Waals surface area contributed by atoms with E-state index in [-0.39, 0.29) is 17.9 Å². The Bertz CT molecular complexity index is 582. The van der Waals surface area contributed by atoms with Crippen molar-refractivity contribution in [2.75, 3.05) is 0 Å². The van der Waals surface area contributed by atoms with Crippen molar-refractivity contribution in [3.63, 3.8) is 0 Å².